The summed E-state index contributed by atoms with van der Waals surface area (Å²) in [6, 6.07) is 8.04. The predicted octanol–water partition coefficient (Wildman–Crippen LogP) is 3.90. The minimum atomic E-state index is -0.496. The molecule has 3 rings (SSSR count). The number of aryl methyl sites for hydroxylation is 1. The number of pyridine rings is 1. The summed E-state index contributed by atoms with van der Waals surface area (Å²) in [6.07, 6.45) is 3.31. The van der Waals surface area contributed by atoms with Crippen LogP contribution >= 0.6 is 11.6 Å². The summed E-state index contributed by atoms with van der Waals surface area (Å²) in [4.78, 5) is 15.6. The molecule has 1 N–H and O–H groups in total. The average Bonchev–Trinajstić information content (AvgIpc) is 2.87. The van der Waals surface area contributed by atoms with Gasteiger partial charge < -0.3 is 5.32 Å². The number of amides is 1. The summed E-state index contributed by atoms with van der Waals surface area (Å²) >= 11 is 5.90. The Hall–Kier alpha value is -2.73. The number of hydrogen-bond donors (Lipinski definition) is 1. The molecule has 122 valence electrons. The number of rotatable bonds is 3. The highest BCUT2D eigenvalue weighted by Gasteiger charge is 2.20. The Morgan fingerprint density at radius 2 is 1.92 bits per heavy atom. The molecule has 2 aromatic heterocycles. The van der Waals surface area contributed by atoms with Crippen LogP contribution in [0, 0.1) is 5.82 Å². The molecule has 2 heterocycles. The van der Waals surface area contributed by atoms with Gasteiger partial charge in [0.1, 0.15) is 17.3 Å². The van der Waals surface area contributed by atoms with Crippen molar-refractivity contribution in [2.24, 2.45) is 7.05 Å². The van der Waals surface area contributed by atoms with Gasteiger partial charge in [-0.25, -0.2) is 4.39 Å². The van der Waals surface area contributed by atoms with Gasteiger partial charge in [-0.05, 0) is 35.9 Å². The maximum absolute atomic E-state index is 13.5. The van der Waals surface area contributed by atoms with E-state index in [2.05, 4.69) is 15.4 Å². The lowest BCUT2D eigenvalue weighted by Gasteiger charge is -2.08. The van der Waals surface area contributed by atoms with Crippen LogP contribution in [0.25, 0.3) is 22.4 Å². The second kappa shape index (κ2) is 6.41. The second-order valence-corrected chi connectivity index (χ2v) is 5.65. The van der Waals surface area contributed by atoms with Crippen molar-refractivity contribution in [3.05, 3.63) is 53.6 Å². The second-order valence-electron chi connectivity index (χ2n) is 5.24. The van der Waals surface area contributed by atoms with Crippen LogP contribution in [0.15, 0.2) is 42.7 Å². The number of nitrogens with zero attached hydrogens (tertiary/aromatic N) is 3. The van der Waals surface area contributed by atoms with E-state index in [0.29, 0.717) is 17.1 Å². The van der Waals surface area contributed by atoms with E-state index in [0.717, 1.165) is 11.1 Å². The van der Waals surface area contributed by atoms with Crippen molar-refractivity contribution in [2.45, 2.75) is 6.92 Å². The predicted molar refractivity (Wildman–Crippen MR) is 91.1 cm³/mol. The van der Waals surface area contributed by atoms with Gasteiger partial charge >= 0.3 is 0 Å². The van der Waals surface area contributed by atoms with E-state index in [1.165, 1.54) is 19.1 Å². The Kier molecular flexibility index (Phi) is 4.31. The summed E-state index contributed by atoms with van der Waals surface area (Å²) in [7, 11) is 1.73. The minimum Gasteiger partial charge on any atom is -0.311 e. The fourth-order valence-electron chi connectivity index (χ4n) is 2.47. The molecule has 0 fully saturated rings. The molecule has 0 saturated carbocycles. The van der Waals surface area contributed by atoms with E-state index in [-0.39, 0.29) is 10.9 Å². The van der Waals surface area contributed by atoms with Crippen LogP contribution in [0.5, 0.6) is 0 Å². The first-order chi connectivity index (χ1) is 11.5. The van der Waals surface area contributed by atoms with Crippen molar-refractivity contribution >= 4 is 23.3 Å². The van der Waals surface area contributed by atoms with E-state index in [9.17, 15) is 9.18 Å². The van der Waals surface area contributed by atoms with E-state index >= 15 is 0 Å². The molecule has 0 saturated heterocycles. The minimum absolute atomic E-state index is 0.0138. The lowest BCUT2D eigenvalue weighted by atomic mass is 10.0. The van der Waals surface area contributed by atoms with Gasteiger partial charge in [0.15, 0.2) is 0 Å². The fraction of sp³-hybridized carbons (Fsp3) is 0.118. The highest BCUT2D eigenvalue weighted by atomic mass is 35.5. The number of anilines is 1. The number of aromatic nitrogens is 3. The van der Waals surface area contributed by atoms with E-state index in [1.54, 1.807) is 30.2 Å². The number of carbonyl (C=O) groups excluding carboxylic acids is 1. The standard InChI is InChI=1S/C17H14ClFN4O/c1-10(24)21-17-15(11-5-7-20-8-6-11)16(22-23(17)2)12-3-4-14(19)13(18)9-12/h3-9H,1-2H3,(H,21,24). The molecule has 5 nitrogen and oxygen atoms in total. The van der Waals surface area contributed by atoms with Gasteiger partial charge in [0.05, 0.1) is 10.6 Å². The Labute approximate surface area is 143 Å². The molecule has 0 aliphatic carbocycles. The largest absolute Gasteiger partial charge is 0.311 e. The van der Waals surface area contributed by atoms with Crippen LogP contribution in [0.3, 0.4) is 0 Å². The van der Waals surface area contributed by atoms with Crippen molar-refractivity contribution in [3.8, 4) is 22.4 Å². The van der Waals surface area contributed by atoms with Gasteiger partial charge in [-0.1, -0.05) is 11.6 Å². The topological polar surface area (TPSA) is 59.8 Å². The first-order valence-corrected chi connectivity index (χ1v) is 7.55. The first kappa shape index (κ1) is 16.1. The molecule has 0 radical (unpaired) electrons. The van der Waals surface area contributed by atoms with Crippen molar-refractivity contribution < 1.29 is 9.18 Å². The third-order valence-electron chi connectivity index (χ3n) is 3.50. The summed E-state index contributed by atoms with van der Waals surface area (Å²) in [5.41, 5.74) is 2.80. The number of hydrogen-bond acceptors (Lipinski definition) is 3. The number of nitrogens with one attached hydrogen (secondary N) is 1. The van der Waals surface area contributed by atoms with Crippen LogP contribution in [0.4, 0.5) is 10.2 Å². The summed E-state index contributed by atoms with van der Waals surface area (Å²) in [5.74, 6) is -0.162. The quantitative estimate of drug-likeness (QED) is 0.784. The molecule has 1 amide bonds. The highest BCUT2D eigenvalue weighted by Crippen LogP contribution is 2.38. The summed E-state index contributed by atoms with van der Waals surface area (Å²) < 4.78 is 15.0. The monoisotopic (exact) mass is 344 g/mol. The van der Waals surface area contributed by atoms with Gasteiger partial charge in [0.2, 0.25) is 5.91 Å². The van der Waals surface area contributed by atoms with E-state index < -0.39 is 5.82 Å². The molecule has 0 spiro atoms. The van der Waals surface area contributed by atoms with Gasteiger partial charge in [-0.2, -0.15) is 5.10 Å². The van der Waals surface area contributed by atoms with Gasteiger partial charge in [-0.15, -0.1) is 0 Å². The Morgan fingerprint density at radius 3 is 2.54 bits per heavy atom. The van der Waals surface area contributed by atoms with Crippen molar-refractivity contribution in [2.75, 3.05) is 5.32 Å². The summed E-state index contributed by atoms with van der Waals surface area (Å²) in [5, 5.41) is 7.29. The van der Waals surface area contributed by atoms with Crippen molar-refractivity contribution in [1.82, 2.24) is 14.8 Å². The third kappa shape index (κ3) is 3.00. The fourth-order valence-corrected chi connectivity index (χ4v) is 2.65. The molecule has 0 aliphatic heterocycles. The molecule has 3 aromatic rings. The smallest absolute Gasteiger partial charge is 0.222 e. The molecule has 24 heavy (non-hydrogen) atoms. The van der Waals surface area contributed by atoms with Crippen LogP contribution in [0.1, 0.15) is 6.92 Å². The first-order valence-electron chi connectivity index (χ1n) is 7.17. The Bertz CT molecular complexity index is 908. The molecular formula is C17H14ClFN4O. The van der Waals surface area contributed by atoms with Crippen LogP contribution in [0.2, 0.25) is 5.02 Å². The van der Waals surface area contributed by atoms with Crippen LogP contribution in [-0.4, -0.2) is 20.7 Å². The number of halogens is 2. The molecule has 0 unspecified atom stereocenters. The molecule has 0 bridgehead atoms. The highest BCUT2D eigenvalue weighted by molar-refractivity contribution is 6.31. The van der Waals surface area contributed by atoms with Gasteiger partial charge in [-0.3, -0.25) is 14.5 Å². The maximum Gasteiger partial charge on any atom is 0.222 e. The SMILES string of the molecule is CC(=O)Nc1c(-c2ccncc2)c(-c2ccc(F)c(Cl)c2)nn1C. The van der Waals surface area contributed by atoms with E-state index in [1.807, 2.05) is 12.1 Å². The molecule has 0 aliphatic rings. The van der Waals surface area contributed by atoms with Crippen molar-refractivity contribution in [3.63, 3.8) is 0 Å². The normalized spacial score (nSPS) is 10.7. The molecule has 7 heteroatoms. The average molecular weight is 345 g/mol. The van der Waals surface area contributed by atoms with Gasteiger partial charge in [0, 0.05) is 31.9 Å². The van der Waals surface area contributed by atoms with Gasteiger partial charge in [0.25, 0.3) is 0 Å². The summed E-state index contributed by atoms with van der Waals surface area (Å²) in [6.45, 7) is 1.43. The Morgan fingerprint density at radius 1 is 1.21 bits per heavy atom. The zero-order valence-corrected chi connectivity index (χ0v) is 13.8. The number of benzene rings is 1. The lowest BCUT2D eigenvalue weighted by Crippen LogP contribution is -2.10. The zero-order valence-electron chi connectivity index (χ0n) is 13.0. The Balaban J connectivity index is 2.26. The zero-order chi connectivity index (χ0) is 17.3. The van der Waals surface area contributed by atoms with Crippen LogP contribution < -0.4 is 5.32 Å². The molecule has 1 aromatic carbocycles. The third-order valence-corrected chi connectivity index (χ3v) is 3.79. The van der Waals surface area contributed by atoms with Crippen LogP contribution in [-0.2, 0) is 11.8 Å². The van der Waals surface area contributed by atoms with Crippen molar-refractivity contribution in [1.29, 1.82) is 0 Å². The molecular weight excluding hydrogens is 331 g/mol. The lowest BCUT2D eigenvalue weighted by molar-refractivity contribution is -0.114. The molecule has 0 atom stereocenters. The van der Waals surface area contributed by atoms with E-state index in [4.69, 9.17) is 11.6 Å². The number of carbonyl (C=O) groups is 1. The maximum atomic E-state index is 13.5.